The second kappa shape index (κ2) is 4.98. The number of benzene rings is 1. The molecular formula is C10H9N5O3S. The summed E-state index contributed by atoms with van der Waals surface area (Å²) in [7, 11) is 0. The quantitative estimate of drug-likeness (QED) is 0.365. The molecule has 0 amide bonds. The van der Waals surface area contributed by atoms with Gasteiger partial charge in [-0.15, -0.1) is 0 Å². The number of nitrogens with two attached hydrogens (primary N) is 1. The molecule has 0 fully saturated rings. The van der Waals surface area contributed by atoms with Crippen LogP contribution in [0.1, 0.15) is 11.3 Å². The van der Waals surface area contributed by atoms with Crippen LogP contribution in [-0.4, -0.2) is 19.8 Å². The van der Waals surface area contributed by atoms with E-state index in [1.165, 1.54) is 6.07 Å². The third-order valence-electron chi connectivity index (χ3n) is 2.52. The SMILES string of the molecule is Nn1c(=S)[nH]nc(Cc2ccccc2[N+](=O)[O-])c1=O. The van der Waals surface area contributed by atoms with Crippen molar-refractivity contribution in [3.05, 3.63) is 60.8 Å². The minimum Gasteiger partial charge on any atom is -0.334 e. The van der Waals surface area contributed by atoms with Gasteiger partial charge in [0.1, 0.15) is 5.69 Å². The Kier molecular flexibility index (Phi) is 3.38. The zero-order chi connectivity index (χ0) is 14.0. The van der Waals surface area contributed by atoms with Crippen LogP contribution in [0.3, 0.4) is 0 Å². The summed E-state index contributed by atoms with van der Waals surface area (Å²) in [5, 5.41) is 17.1. The summed E-state index contributed by atoms with van der Waals surface area (Å²) < 4.78 is 0.725. The number of H-pyrrole nitrogens is 1. The predicted molar refractivity (Wildman–Crippen MR) is 69.7 cm³/mol. The lowest BCUT2D eigenvalue weighted by molar-refractivity contribution is -0.385. The fraction of sp³-hybridized carbons (Fsp3) is 0.100. The van der Waals surface area contributed by atoms with E-state index < -0.39 is 10.5 Å². The fourth-order valence-electron chi connectivity index (χ4n) is 1.58. The second-order valence-electron chi connectivity index (χ2n) is 3.71. The number of nitrogens with zero attached hydrogens (tertiary/aromatic N) is 3. The molecule has 19 heavy (non-hydrogen) atoms. The summed E-state index contributed by atoms with van der Waals surface area (Å²) in [6, 6.07) is 6.12. The summed E-state index contributed by atoms with van der Waals surface area (Å²) in [6.07, 6.45) is -0.000694. The van der Waals surface area contributed by atoms with Gasteiger partial charge in [-0.3, -0.25) is 20.0 Å². The second-order valence-corrected chi connectivity index (χ2v) is 4.10. The van der Waals surface area contributed by atoms with Crippen LogP contribution < -0.4 is 11.4 Å². The Balaban J connectivity index is 2.48. The predicted octanol–water partition coefficient (Wildman–Crippen LogP) is 0.514. The highest BCUT2D eigenvalue weighted by Crippen LogP contribution is 2.19. The number of aromatic nitrogens is 3. The average Bonchev–Trinajstić information content (AvgIpc) is 2.40. The lowest BCUT2D eigenvalue weighted by Crippen LogP contribution is -2.32. The fourth-order valence-corrected chi connectivity index (χ4v) is 1.71. The molecule has 1 aromatic heterocycles. The van der Waals surface area contributed by atoms with E-state index in [0.29, 0.717) is 5.56 Å². The van der Waals surface area contributed by atoms with Crippen LogP contribution in [0.15, 0.2) is 29.1 Å². The maximum Gasteiger partial charge on any atom is 0.295 e. The molecule has 0 aliphatic carbocycles. The van der Waals surface area contributed by atoms with Gasteiger partial charge in [-0.2, -0.15) is 9.77 Å². The molecule has 0 radical (unpaired) electrons. The lowest BCUT2D eigenvalue weighted by atomic mass is 10.1. The molecule has 0 saturated carbocycles. The summed E-state index contributed by atoms with van der Waals surface area (Å²) in [5.41, 5.74) is -0.218. The van der Waals surface area contributed by atoms with Gasteiger partial charge < -0.3 is 5.84 Å². The molecule has 0 bridgehead atoms. The first kappa shape index (κ1) is 12.9. The number of para-hydroxylation sites is 1. The molecule has 2 rings (SSSR count). The maximum absolute atomic E-state index is 11.8. The largest absolute Gasteiger partial charge is 0.334 e. The van der Waals surface area contributed by atoms with Crippen molar-refractivity contribution in [3.63, 3.8) is 0 Å². The van der Waals surface area contributed by atoms with E-state index >= 15 is 0 Å². The van der Waals surface area contributed by atoms with Crippen LogP contribution in [0.2, 0.25) is 0 Å². The van der Waals surface area contributed by atoms with Gasteiger partial charge >= 0.3 is 0 Å². The molecule has 0 aliphatic rings. The van der Waals surface area contributed by atoms with Gasteiger partial charge in [0.05, 0.1) is 4.92 Å². The first-order chi connectivity index (χ1) is 9.00. The number of nitro benzene ring substituents is 1. The van der Waals surface area contributed by atoms with Crippen LogP contribution in [0.5, 0.6) is 0 Å². The summed E-state index contributed by atoms with van der Waals surface area (Å²) in [6.45, 7) is 0. The molecule has 3 N–H and O–H groups in total. The molecule has 98 valence electrons. The molecule has 0 aliphatic heterocycles. The van der Waals surface area contributed by atoms with Gasteiger partial charge in [0, 0.05) is 18.1 Å². The highest BCUT2D eigenvalue weighted by atomic mass is 32.1. The van der Waals surface area contributed by atoms with Crippen molar-refractivity contribution in [2.45, 2.75) is 6.42 Å². The molecule has 0 unspecified atom stereocenters. The number of hydrogen-bond acceptors (Lipinski definition) is 6. The molecule has 0 atom stereocenters. The van der Waals surface area contributed by atoms with Crippen LogP contribution in [0.25, 0.3) is 0 Å². The van der Waals surface area contributed by atoms with Crippen molar-refractivity contribution in [3.8, 4) is 0 Å². The minimum absolute atomic E-state index is 0.000694. The van der Waals surface area contributed by atoms with E-state index in [4.69, 9.17) is 18.1 Å². The number of rotatable bonds is 3. The number of nitro groups is 1. The Morgan fingerprint density at radius 3 is 2.84 bits per heavy atom. The van der Waals surface area contributed by atoms with Crippen molar-refractivity contribution < 1.29 is 4.92 Å². The average molecular weight is 279 g/mol. The van der Waals surface area contributed by atoms with Gasteiger partial charge in [0.15, 0.2) is 0 Å². The smallest absolute Gasteiger partial charge is 0.295 e. The number of nitrogen functional groups attached to an aromatic ring is 1. The Morgan fingerprint density at radius 1 is 1.47 bits per heavy atom. The van der Waals surface area contributed by atoms with Gasteiger partial charge in [-0.1, -0.05) is 18.2 Å². The molecule has 0 saturated heterocycles. The monoisotopic (exact) mass is 279 g/mol. The zero-order valence-corrected chi connectivity index (χ0v) is 10.4. The summed E-state index contributed by atoms with van der Waals surface area (Å²) in [4.78, 5) is 22.2. The highest BCUT2D eigenvalue weighted by molar-refractivity contribution is 7.71. The number of nitrogens with one attached hydrogen (secondary N) is 1. The summed E-state index contributed by atoms with van der Waals surface area (Å²) >= 11 is 4.74. The molecule has 9 heteroatoms. The topological polar surface area (TPSA) is 120 Å². The van der Waals surface area contributed by atoms with Crippen LogP contribution in [-0.2, 0) is 6.42 Å². The highest BCUT2D eigenvalue weighted by Gasteiger charge is 2.15. The van der Waals surface area contributed by atoms with Gasteiger partial charge in [0.2, 0.25) is 4.77 Å². The van der Waals surface area contributed by atoms with E-state index in [9.17, 15) is 14.9 Å². The molecule has 1 aromatic carbocycles. The molecule has 1 heterocycles. The van der Waals surface area contributed by atoms with Crippen molar-refractivity contribution in [2.24, 2.45) is 0 Å². The first-order valence-corrected chi connectivity index (χ1v) is 5.59. The number of aromatic amines is 1. The van der Waals surface area contributed by atoms with E-state index in [1.807, 2.05) is 0 Å². The molecule has 0 spiro atoms. The Hall–Kier alpha value is -2.55. The van der Waals surface area contributed by atoms with Crippen LogP contribution in [0, 0.1) is 14.9 Å². The maximum atomic E-state index is 11.8. The van der Waals surface area contributed by atoms with Crippen LogP contribution >= 0.6 is 12.2 Å². The Bertz CT molecular complexity index is 751. The van der Waals surface area contributed by atoms with Crippen molar-refractivity contribution >= 4 is 17.9 Å². The third kappa shape index (κ3) is 2.50. The number of hydrogen-bond donors (Lipinski definition) is 2. The normalized spacial score (nSPS) is 10.3. The van der Waals surface area contributed by atoms with Crippen molar-refractivity contribution in [1.29, 1.82) is 0 Å². The molecular weight excluding hydrogens is 270 g/mol. The van der Waals surface area contributed by atoms with Crippen molar-refractivity contribution in [2.75, 3.05) is 5.84 Å². The first-order valence-electron chi connectivity index (χ1n) is 5.18. The summed E-state index contributed by atoms with van der Waals surface area (Å²) in [5.74, 6) is 5.43. The van der Waals surface area contributed by atoms with E-state index in [1.54, 1.807) is 18.2 Å². The Morgan fingerprint density at radius 2 is 2.16 bits per heavy atom. The third-order valence-corrected chi connectivity index (χ3v) is 2.81. The van der Waals surface area contributed by atoms with Gasteiger partial charge in [-0.05, 0) is 12.2 Å². The lowest BCUT2D eigenvalue weighted by Gasteiger charge is -2.03. The van der Waals surface area contributed by atoms with E-state index in [2.05, 4.69) is 10.2 Å². The van der Waals surface area contributed by atoms with E-state index in [0.717, 1.165) is 4.68 Å². The van der Waals surface area contributed by atoms with Crippen molar-refractivity contribution in [1.82, 2.24) is 14.9 Å². The van der Waals surface area contributed by atoms with Gasteiger partial charge in [0.25, 0.3) is 11.2 Å². The molecule has 2 aromatic rings. The van der Waals surface area contributed by atoms with Gasteiger partial charge in [-0.25, -0.2) is 0 Å². The van der Waals surface area contributed by atoms with Crippen LogP contribution in [0.4, 0.5) is 5.69 Å². The standard InChI is InChI=1S/C10H9N5O3S/c11-14-9(16)7(12-13-10(14)19)5-6-3-1-2-4-8(6)15(17)18/h1-4H,5,11H2,(H,13,19). The minimum atomic E-state index is -0.582. The Labute approximate surface area is 111 Å². The molecule has 8 nitrogen and oxygen atoms in total. The van der Waals surface area contributed by atoms with E-state index in [-0.39, 0.29) is 22.6 Å². The zero-order valence-electron chi connectivity index (χ0n) is 9.57.